The number of hydrogen-bond donors (Lipinski definition) is 0. The number of methoxy groups -OCH3 is 1. The van der Waals surface area contributed by atoms with Crippen LogP contribution >= 0.6 is 11.8 Å². The van der Waals surface area contributed by atoms with Crippen LogP contribution in [0.2, 0.25) is 0 Å². The molecule has 0 bridgehead atoms. The van der Waals surface area contributed by atoms with Gasteiger partial charge in [0.05, 0.1) is 23.4 Å². The van der Waals surface area contributed by atoms with Crippen molar-refractivity contribution in [3.05, 3.63) is 51.7 Å². The number of esters is 1. The van der Waals surface area contributed by atoms with Crippen LogP contribution in [0.3, 0.4) is 0 Å². The van der Waals surface area contributed by atoms with E-state index in [0.29, 0.717) is 27.5 Å². The first-order valence-electron chi connectivity index (χ1n) is 9.24. The highest BCUT2D eigenvalue weighted by molar-refractivity contribution is 7.98. The molecule has 0 saturated heterocycles. The Kier molecular flexibility index (Phi) is 6.22. The SMILES string of the molecule is CCCCCCc1cc(SC)cc2c(=O)c3cc(C(=O)OC)ccc3oc12. The minimum atomic E-state index is -0.467. The summed E-state index contributed by atoms with van der Waals surface area (Å²) in [6, 6.07) is 8.85. The first-order valence-corrected chi connectivity index (χ1v) is 10.5. The van der Waals surface area contributed by atoms with Crippen molar-refractivity contribution in [2.24, 2.45) is 0 Å². The molecule has 0 aliphatic carbocycles. The van der Waals surface area contributed by atoms with Crippen LogP contribution in [0.4, 0.5) is 0 Å². The number of benzene rings is 2. The molecule has 0 spiro atoms. The van der Waals surface area contributed by atoms with E-state index in [0.717, 1.165) is 23.3 Å². The van der Waals surface area contributed by atoms with E-state index in [1.54, 1.807) is 30.0 Å². The minimum absolute atomic E-state index is 0.109. The lowest BCUT2D eigenvalue weighted by Crippen LogP contribution is -2.07. The molecule has 27 heavy (non-hydrogen) atoms. The smallest absolute Gasteiger partial charge is 0.337 e. The van der Waals surface area contributed by atoms with Crippen molar-refractivity contribution < 1.29 is 13.9 Å². The van der Waals surface area contributed by atoms with Crippen molar-refractivity contribution in [1.82, 2.24) is 0 Å². The summed E-state index contributed by atoms with van der Waals surface area (Å²) in [4.78, 5) is 26.0. The molecule has 0 N–H and O–H groups in total. The van der Waals surface area contributed by atoms with Crippen LogP contribution in [0.5, 0.6) is 0 Å². The zero-order valence-corrected chi connectivity index (χ0v) is 16.8. The van der Waals surface area contributed by atoms with Crippen LogP contribution in [-0.2, 0) is 11.2 Å². The number of aryl methyl sites for hydroxylation is 1. The Balaban J connectivity index is 2.17. The number of unbranched alkanes of at least 4 members (excludes halogenated alkanes) is 3. The van der Waals surface area contributed by atoms with Gasteiger partial charge in [0, 0.05) is 4.90 Å². The standard InChI is InChI=1S/C22H24O4S/c1-4-5-6-7-8-14-11-16(27-3)13-18-20(23)17-12-15(22(24)25-2)9-10-19(17)26-21(14)18/h9-13H,4-8H2,1-3H3. The molecule has 5 heteroatoms. The van der Waals surface area contributed by atoms with Gasteiger partial charge in [-0.05, 0) is 55.0 Å². The van der Waals surface area contributed by atoms with Crippen LogP contribution in [0.1, 0.15) is 48.5 Å². The number of rotatable bonds is 7. The topological polar surface area (TPSA) is 56.5 Å². The van der Waals surface area contributed by atoms with Crippen LogP contribution < -0.4 is 5.43 Å². The summed E-state index contributed by atoms with van der Waals surface area (Å²) >= 11 is 1.61. The van der Waals surface area contributed by atoms with Gasteiger partial charge in [0.1, 0.15) is 11.2 Å². The van der Waals surface area contributed by atoms with Gasteiger partial charge in [0.2, 0.25) is 5.43 Å². The van der Waals surface area contributed by atoms with Gasteiger partial charge in [0.25, 0.3) is 0 Å². The molecular weight excluding hydrogens is 360 g/mol. The fourth-order valence-corrected chi connectivity index (χ4v) is 3.79. The second kappa shape index (κ2) is 8.61. The molecular formula is C22H24O4S. The molecule has 1 heterocycles. The van der Waals surface area contributed by atoms with Gasteiger partial charge >= 0.3 is 5.97 Å². The Morgan fingerprint density at radius 2 is 1.93 bits per heavy atom. The fraction of sp³-hybridized carbons (Fsp3) is 0.364. The van der Waals surface area contributed by atoms with E-state index in [2.05, 4.69) is 13.0 Å². The summed E-state index contributed by atoms with van der Waals surface area (Å²) in [6.07, 6.45) is 7.53. The van der Waals surface area contributed by atoms with Gasteiger partial charge < -0.3 is 9.15 Å². The molecule has 1 aromatic heterocycles. The lowest BCUT2D eigenvalue weighted by atomic mass is 10.0. The maximum atomic E-state index is 13.1. The van der Waals surface area contributed by atoms with Gasteiger partial charge in [-0.1, -0.05) is 26.2 Å². The molecule has 0 radical (unpaired) electrons. The number of ether oxygens (including phenoxy) is 1. The monoisotopic (exact) mass is 384 g/mol. The van der Waals surface area contributed by atoms with E-state index in [-0.39, 0.29) is 5.43 Å². The van der Waals surface area contributed by atoms with E-state index in [1.165, 1.54) is 26.4 Å². The summed E-state index contributed by atoms with van der Waals surface area (Å²) in [5, 5.41) is 0.974. The molecule has 0 aliphatic heterocycles. The third-order valence-corrected chi connectivity index (χ3v) is 5.48. The number of thioether (sulfide) groups is 1. The van der Waals surface area contributed by atoms with Gasteiger partial charge in [-0.3, -0.25) is 4.79 Å². The summed E-state index contributed by atoms with van der Waals surface area (Å²) < 4.78 is 10.9. The predicted molar refractivity (Wildman–Crippen MR) is 111 cm³/mol. The van der Waals surface area contributed by atoms with E-state index in [1.807, 2.05) is 12.3 Å². The lowest BCUT2D eigenvalue weighted by molar-refractivity contribution is 0.0601. The summed E-state index contributed by atoms with van der Waals surface area (Å²) in [6.45, 7) is 2.19. The maximum absolute atomic E-state index is 13.1. The number of carbonyl (C=O) groups is 1. The third kappa shape index (κ3) is 4.03. The first-order chi connectivity index (χ1) is 13.1. The number of fused-ring (bicyclic) bond motifs is 2. The largest absolute Gasteiger partial charge is 0.465 e. The summed E-state index contributed by atoms with van der Waals surface area (Å²) in [5.74, 6) is -0.467. The third-order valence-electron chi connectivity index (χ3n) is 4.78. The average Bonchev–Trinajstić information content (AvgIpc) is 2.70. The molecule has 0 unspecified atom stereocenters. The first kappa shape index (κ1) is 19.5. The fourth-order valence-electron chi connectivity index (χ4n) is 3.29. The van der Waals surface area contributed by atoms with Crippen LogP contribution in [-0.4, -0.2) is 19.3 Å². The number of hydrogen-bond acceptors (Lipinski definition) is 5. The Bertz CT molecular complexity index is 1040. The summed E-state index contributed by atoms with van der Waals surface area (Å²) in [7, 11) is 1.32. The minimum Gasteiger partial charge on any atom is -0.465 e. The summed E-state index contributed by atoms with van der Waals surface area (Å²) in [5.41, 5.74) is 2.46. The highest BCUT2D eigenvalue weighted by Gasteiger charge is 2.15. The molecule has 142 valence electrons. The highest BCUT2D eigenvalue weighted by Crippen LogP contribution is 2.29. The van der Waals surface area contributed by atoms with Crippen molar-refractivity contribution in [2.45, 2.75) is 43.9 Å². The lowest BCUT2D eigenvalue weighted by Gasteiger charge is -2.10. The normalized spacial score (nSPS) is 11.2. The predicted octanol–water partition coefficient (Wildman–Crippen LogP) is 5.58. The Hall–Kier alpha value is -2.27. The molecule has 4 nitrogen and oxygen atoms in total. The van der Waals surface area contributed by atoms with E-state index >= 15 is 0 Å². The molecule has 3 rings (SSSR count). The molecule has 0 fully saturated rings. The van der Waals surface area contributed by atoms with Crippen molar-refractivity contribution >= 4 is 39.7 Å². The van der Waals surface area contributed by atoms with Crippen molar-refractivity contribution in [3.63, 3.8) is 0 Å². The maximum Gasteiger partial charge on any atom is 0.337 e. The highest BCUT2D eigenvalue weighted by atomic mass is 32.2. The molecule has 0 atom stereocenters. The zero-order chi connectivity index (χ0) is 19.4. The van der Waals surface area contributed by atoms with Gasteiger partial charge in [-0.2, -0.15) is 0 Å². The Labute approximate surface area is 162 Å². The van der Waals surface area contributed by atoms with Gasteiger partial charge in [-0.25, -0.2) is 4.79 Å². The second-order valence-electron chi connectivity index (χ2n) is 6.61. The molecule has 0 saturated carbocycles. The van der Waals surface area contributed by atoms with E-state index < -0.39 is 5.97 Å². The quantitative estimate of drug-likeness (QED) is 0.230. The van der Waals surface area contributed by atoms with Crippen molar-refractivity contribution in [3.8, 4) is 0 Å². The second-order valence-corrected chi connectivity index (χ2v) is 7.49. The molecule has 3 aromatic rings. The van der Waals surface area contributed by atoms with Crippen LogP contribution in [0.15, 0.2) is 44.4 Å². The van der Waals surface area contributed by atoms with Crippen molar-refractivity contribution in [1.29, 1.82) is 0 Å². The molecule has 0 aliphatic rings. The number of carbonyl (C=O) groups excluding carboxylic acids is 1. The van der Waals surface area contributed by atoms with Gasteiger partial charge in [-0.15, -0.1) is 11.8 Å². The zero-order valence-electron chi connectivity index (χ0n) is 16.0. The van der Waals surface area contributed by atoms with Crippen LogP contribution in [0, 0.1) is 0 Å². The van der Waals surface area contributed by atoms with Gasteiger partial charge in [0.15, 0.2) is 0 Å². The van der Waals surface area contributed by atoms with E-state index in [4.69, 9.17) is 9.15 Å². The van der Waals surface area contributed by atoms with Crippen LogP contribution in [0.25, 0.3) is 21.9 Å². The van der Waals surface area contributed by atoms with E-state index in [9.17, 15) is 9.59 Å². The Morgan fingerprint density at radius 1 is 1.11 bits per heavy atom. The average molecular weight is 384 g/mol. The molecule has 2 aromatic carbocycles. The van der Waals surface area contributed by atoms with Crippen molar-refractivity contribution in [2.75, 3.05) is 13.4 Å². The molecule has 0 amide bonds. The Morgan fingerprint density at radius 3 is 2.63 bits per heavy atom.